The molecule has 0 spiro atoms. The smallest absolute Gasteiger partial charge is 0.150 e. The van der Waals surface area contributed by atoms with E-state index < -0.39 is 0 Å². The van der Waals surface area contributed by atoms with Gasteiger partial charge in [-0.2, -0.15) is 0 Å². The number of hydrogen-bond acceptors (Lipinski definition) is 1. The molecule has 1 rings (SSSR count). The Bertz CT molecular complexity index is 290. The number of Topliss-reactive ketones (excluding diaryl/α,β-unsaturated/α-hetero) is 1. The Balaban J connectivity index is 1.77. The van der Waals surface area contributed by atoms with Crippen molar-refractivity contribution < 1.29 is 4.79 Å². The molecular weight excluding hydrogens is 304 g/mol. The van der Waals surface area contributed by atoms with Crippen molar-refractivity contribution in [2.24, 2.45) is 5.92 Å². The van der Waals surface area contributed by atoms with Crippen molar-refractivity contribution in [1.29, 1.82) is 0 Å². The van der Waals surface area contributed by atoms with Gasteiger partial charge < -0.3 is 0 Å². The van der Waals surface area contributed by atoms with E-state index in [0.29, 0.717) is 5.92 Å². The summed E-state index contributed by atoms with van der Waals surface area (Å²) in [4.78, 5) is 11.4. The highest BCUT2D eigenvalue weighted by Crippen LogP contribution is 2.29. The van der Waals surface area contributed by atoms with Crippen LogP contribution in [-0.4, -0.2) is 11.2 Å². The molecule has 1 saturated carbocycles. The molecule has 1 aliphatic carbocycles. The van der Waals surface area contributed by atoms with E-state index in [2.05, 4.69) is 6.92 Å². The van der Waals surface area contributed by atoms with E-state index in [4.69, 9.17) is 11.6 Å². The highest BCUT2D eigenvalue weighted by molar-refractivity contribution is 6.31. The van der Waals surface area contributed by atoms with Crippen molar-refractivity contribution in [3.63, 3.8) is 0 Å². The number of unbranched alkanes of at least 4 members (excludes halogenated alkanes) is 12. The summed E-state index contributed by atoms with van der Waals surface area (Å²) >= 11 is 6.07. The first-order chi connectivity index (χ1) is 11.2. The Hall–Kier alpha value is -0.0400. The largest absolute Gasteiger partial charge is 0.298 e. The monoisotopic (exact) mass is 342 g/mol. The van der Waals surface area contributed by atoms with Crippen LogP contribution >= 0.6 is 11.6 Å². The molecule has 0 saturated heterocycles. The van der Waals surface area contributed by atoms with Gasteiger partial charge in [-0.3, -0.25) is 4.79 Å². The molecule has 2 atom stereocenters. The minimum Gasteiger partial charge on any atom is -0.298 e. The lowest BCUT2D eigenvalue weighted by Gasteiger charge is -2.24. The first kappa shape index (κ1) is 21.0. The zero-order chi connectivity index (χ0) is 16.8. The van der Waals surface area contributed by atoms with E-state index in [1.54, 1.807) is 0 Å². The maximum absolute atomic E-state index is 11.4. The van der Waals surface area contributed by atoms with Gasteiger partial charge in [0.1, 0.15) is 0 Å². The fraction of sp³-hybridized carbons (Fsp3) is 0.952. The second-order valence-corrected chi connectivity index (χ2v) is 8.13. The Morgan fingerprint density at radius 1 is 0.826 bits per heavy atom. The number of alkyl halides is 1. The molecule has 136 valence electrons. The molecule has 0 aliphatic heterocycles. The van der Waals surface area contributed by atoms with Crippen LogP contribution in [0, 0.1) is 5.92 Å². The zero-order valence-corrected chi connectivity index (χ0v) is 16.2. The standard InChI is InChI=1S/C21H39ClO/c1-2-3-4-5-6-7-8-9-10-11-12-13-14-15-19-16-17-21(23)20(22)18-19/h19-20H,2-18H2,1H3. The van der Waals surface area contributed by atoms with Crippen LogP contribution in [0.1, 0.15) is 116 Å². The van der Waals surface area contributed by atoms with E-state index in [1.165, 1.54) is 89.9 Å². The van der Waals surface area contributed by atoms with Gasteiger partial charge in [0.05, 0.1) is 5.38 Å². The van der Waals surface area contributed by atoms with Gasteiger partial charge in [-0.15, -0.1) is 11.6 Å². The molecule has 23 heavy (non-hydrogen) atoms. The van der Waals surface area contributed by atoms with Gasteiger partial charge in [-0.25, -0.2) is 0 Å². The second-order valence-electron chi connectivity index (χ2n) is 7.61. The predicted octanol–water partition coefficient (Wildman–Crippen LogP) is 7.44. The first-order valence-electron chi connectivity index (χ1n) is 10.4. The van der Waals surface area contributed by atoms with Crippen LogP contribution in [0.3, 0.4) is 0 Å². The number of rotatable bonds is 14. The lowest BCUT2D eigenvalue weighted by molar-refractivity contribution is -0.120. The number of hydrogen-bond donors (Lipinski definition) is 0. The molecule has 0 heterocycles. The van der Waals surface area contributed by atoms with E-state index >= 15 is 0 Å². The zero-order valence-electron chi connectivity index (χ0n) is 15.5. The van der Waals surface area contributed by atoms with Gasteiger partial charge in [-0.1, -0.05) is 96.8 Å². The molecular formula is C21H39ClO. The summed E-state index contributed by atoms with van der Waals surface area (Å²) in [5.74, 6) is 0.983. The van der Waals surface area contributed by atoms with Gasteiger partial charge in [0.15, 0.2) is 5.78 Å². The predicted molar refractivity (Wildman–Crippen MR) is 102 cm³/mol. The van der Waals surface area contributed by atoms with Crippen molar-refractivity contribution in [2.45, 2.75) is 121 Å². The lowest BCUT2D eigenvalue weighted by Crippen LogP contribution is -2.25. The maximum atomic E-state index is 11.4. The molecule has 1 fully saturated rings. The molecule has 0 bridgehead atoms. The molecule has 0 aromatic carbocycles. The number of ketones is 1. The molecule has 0 aromatic heterocycles. The number of halogens is 1. The molecule has 2 unspecified atom stereocenters. The third kappa shape index (κ3) is 11.2. The van der Waals surface area contributed by atoms with Gasteiger partial charge in [-0.05, 0) is 18.8 Å². The van der Waals surface area contributed by atoms with Crippen molar-refractivity contribution in [3.8, 4) is 0 Å². The molecule has 0 amide bonds. The summed E-state index contributed by atoms with van der Waals surface area (Å²) < 4.78 is 0. The SMILES string of the molecule is CCCCCCCCCCCCCCCC1CCC(=O)C(Cl)C1. The van der Waals surface area contributed by atoms with E-state index in [1.807, 2.05) is 0 Å². The average Bonchev–Trinajstić information content (AvgIpc) is 2.55. The average molecular weight is 343 g/mol. The van der Waals surface area contributed by atoms with E-state index in [9.17, 15) is 4.79 Å². The van der Waals surface area contributed by atoms with Crippen LogP contribution < -0.4 is 0 Å². The van der Waals surface area contributed by atoms with Crippen molar-refractivity contribution in [2.75, 3.05) is 0 Å². The van der Waals surface area contributed by atoms with Crippen LogP contribution in [-0.2, 0) is 4.79 Å². The summed E-state index contributed by atoms with van der Waals surface area (Å²) in [6.45, 7) is 2.28. The van der Waals surface area contributed by atoms with Gasteiger partial charge in [0.2, 0.25) is 0 Å². The number of carbonyl (C=O) groups excluding carboxylic acids is 1. The molecule has 0 radical (unpaired) electrons. The van der Waals surface area contributed by atoms with Gasteiger partial charge in [0.25, 0.3) is 0 Å². The third-order valence-corrected chi connectivity index (χ3v) is 5.83. The normalized spacial score (nSPS) is 21.7. The molecule has 1 nitrogen and oxygen atoms in total. The molecule has 2 heteroatoms. The topological polar surface area (TPSA) is 17.1 Å². The van der Waals surface area contributed by atoms with Gasteiger partial charge >= 0.3 is 0 Å². The molecule has 1 aliphatic rings. The van der Waals surface area contributed by atoms with Gasteiger partial charge in [0, 0.05) is 6.42 Å². The fourth-order valence-corrected chi connectivity index (χ4v) is 4.12. The summed E-state index contributed by atoms with van der Waals surface area (Å²) in [6, 6.07) is 0. The van der Waals surface area contributed by atoms with Crippen molar-refractivity contribution >= 4 is 17.4 Å². The van der Waals surface area contributed by atoms with E-state index in [-0.39, 0.29) is 11.2 Å². The second kappa shape index (κ2) is 14.3. The summed E-state index contributed by atoms with van der Waals surface area (Å²) in [5.41, 5.74) is 0. The van der Waals surface area contributed by atoms with Crippen LogP contribution in [0.15, 0.2) is 0 Å². The Morgan fingerprint density at radius 3 is 1.78 bits per heavy atom. The highest BCUT2D eigenvalue weighted by atomic mass is 35.5. The Morgan fingerprint density at radius 2 is 1.30 bits per heavy atom. The van der Waals surface area contributed by atoms with Crippen molar-refractivity contribution in [3.05, 3.63) is 0 Å². The quantitative estimate of drug-likeness (QED) is 0.237. The third-order valence-electron chi connectivity index (χ3n) is 5.40. The Kier molecular flexibility index (Phi) is 13.1. The summed E-state index contributed by atoms with van der Waals surface area (Å²) in [7, 11) is 0. The van der Waals surface area contributed by atoms with Crippen LogP contribution in [0.5, 0.6) is 0 Å². The minimum atomic E-state index is -0.185. The Labute approximate surface area is 149 Å². The van der Waals surface area contributed by atoms with Crippen LogP contribution in [0.4, 0.5) is 0 Å². The summed E-state index contributed by atoms with van der Waals surface area (Å²) in [6.07, 6.45) is 22.4. The van der Waals surface area contributed by atoms with Crippen LogP contribution in [0.25, 0.3) is 0 Å². The summed E-state index contributed by atoms with van der Waals surface area (Å²) in [5, 5.41) is -0.185. The maximum Gasteiger partial charge on any atom is 0.150 e. The minimum absolute atomic E-state index is 0.185. The molecule has 0 N–H and O–H groups in total. The first-order valence-corrected chi connectivity index (χ1v) is 10.8. The fourth-order valence-electron chi connectivity index (χ4n) is 3.76. The lowest BCUT2D eigenvalue weighted by atomic mass is 9.84. The van der Waals surface area contributed by atoms with Crippen molar-refractivity contribution in [1.82, 2.24) is 0 Å². The number of carbonyl (C=O) groups is 1. The highest BCUT2D eigenvalue weighted by Gasteiger charge is 2.26. The van der Waals surface area contributed by atoms with E-state index in [0.717, 1.165) is 19.3 Å². The molecule has 0 aromatic rings. The van der Waals surface area contributed by atoms with Crippen LogP contribution in [0.2, 0.25) is 0 Å².